The monoisotopic (exact) mass is 534 g/mol. The fourth-order valence-corrected chi connectivity index (χ4v) is 14.0. The molecule has 0 fully saturated rings. The largest absolute Gasteiger partial charge is 0.106 e. The van der Waals surface area contributed by atoms with Gasteiger partial charge in [-0.05, 0) is 105 Å². The maximum atomic E-state index is 7.31. The molecule has 0 aromatic heterocycles. The molecule has 4 heteroatoms. The summed E-state index contributed by atoms with van der Waals surface area (Å²) in [6.45, 7) is 12.0. The third-order valence-corrected chi connectivity index (χ3v) is 15.0. The topological polar surface area (TPSA) is 0 Å². The van der Waals surface area contributed by atoms with Gasteiger partial charge in [-0.3, -0.25) is 0 Å². The third kappa shape index (κ3) is 3.81. The minimum absolute atomic E-state index is 0.503. The van der Waals surface area contributed by atoms with Gasteiger partial charge in [-0.15, -0.1) is 0 Å². The Labute approximate surface area is 221 Å². The normalized spacial score (nSPS) is 13.9. The summed E-state index contributed by atoms with van der Waals surface area (Å²) < 4.78 is 0. The summed E-state index contributed by atoms with van der Waals surface area (Å²) in [5.41, 5.74) is 12.9. The van der Waals surface area contributed by atoms with Crippen molar-refractivity contribution >= 4 is 47.6 Å². The molecule has 0 saturated heterocycles. The molecule has 0 amide bonds. The Morgan fingerprint density at radius 2 is 0.886 bits per heavy atom. The van der Waals surface area contributed by atoms with Crippen LogP contribution in [0.3, 0.4) is 0 Å². The van der Waals surface area contributed by atoms with Crippen LogP contribution in [-0.2, 0) is 4.90 Å². The van der Waals surface area contributed by atoms with Crippen molar-refractivity contribution in [2.24, 2.45) is 0 Å². The first kappa shape index (κ1) is 25.0. The molecule has 5 rings (SSSR count). The highest BCUT2D eigenvalue weighted by Crippen LogP contribution is 2.82. The van der Waals surface area contributed by atoms with Gasteiger partial charge in [-0.2, -0.15) is 0 Å². The molecular weight excluding hydrogens is 505 g/mol. The van der Waals surface area contributed by atoms with Gasteiger partial charge >= 0.3 is 0 Å². The van der Waals surface area contributed by atoms with E-state index in [0.29, 0.717) is 0 Å². The average Bonchev–Trinajstić information content (AvgIpc) is 3.08. The SMILES string of the molecule is Cc1cc(C)c(P(c2c(C)cc(C)cc2C)C2(P(Cl)Cl)c3ccccc3-c3ccccc32)c(C)c1. The first-order chi connectivity index (χ1) is 16.7. The number of benzene rings is 4. The number of hydrogen-bond donors (Lipinski definition) is 0. The highest BCUT2D eigenvalue weighted by molar-refractivity contribution is 8.10. The Hall–Kier alpha value is -1.68. The lowest BCUT2D eigenvalue weighted by atomic mass is 10.1. The van der Waals surface area contributed by atoms with E-state index in [1.54, 1.807) is 0 Å². The number of rotatable bonds is 4. The van der Waals surface area contributed by atoms with Gasteiger partial charge in [0.05, 0.1) is 4.90 Å². The second-order valence-corrected chi connectivity index (χ2v) is 16.1. The molecular formula is C31H30Cl2P2. The smallest absolute Gasteiger partial charge is 0.0763 e. The fourth-order valence-electron chi connectivity index (χ4n) is 6.17. The van der Waals surface area contributed by atoms with Crippen LogP contribution in [0.1, 0.15) is 44.5 Å². The molecule has 0 aliphatic heterocycles. The summed E-state index contributed by atoms with van der Waals surface area (Å²) in [5, 5.41) is 2.81. The highest BCUT2D eigenvalue weighted by atomic mass is 35.9. The number of halogens is 2. The summed E-state index contributed by atoms with van der Waals surface area (Å²) >= 11 is 14.6. The Kier molecular flexibility index (Phi) is 6.66. The van der Waals surface area contributed by atoms with Gasteiger partial charge in [0, 0.05) is 0 Å². The zero-order chi connectivity index (χ0) is 25.1. The van der Waals surface area contributed by atoms with Gasteiger partial charge in [0.2, 0.25) is 0 Å². The molecule has 178 valence electrons. The minimum atomic E-state index is -1.44. The molecule has 0 bridgehead atoms. The van der Waals surface area contributed by atoms with Crippen molar-refractivity contribution in [3.8, 4) is 11.1 Å². The second kappa shape index (κ2) is 9.32. The van der Waals surface area contributed by atoms with Crippen molar-refractivity contribution in [3.63, 3.8) is 0 Å². The molecule has 1 aliphatic carbocycles. The standard InChI is InChI=1S/C31H30Cl2P2/c1-19-15-21(3)29(22(4)16-19)34(30-23(5)17-20(2)18-24(30)6)31(35(32)33)27-13-9-7-11-25(27)26-12-8-10-14-28(26)31/h7-18H,1-6H3. The zero-order valence-electron chi connectivity index (χ0n) is 21.1. The molecule has 0 nitrogen and oxygen atoms in total. The predicted molar refractivity (Wildman–Crippen MR) is 159 cm³/mol. The van der Waals surface area contributed by atoms with Crippen LogP contribution in [0.15, 0.2) is 72.8 Å². The van der Waals surface area contributed by atoms with Gasteiger partial charge in [-0.25, -0.2) is 0 Å². The van der Waals surface area contributed by atoms with Crippen LogP contribution in [-0.4, -0.2) is 0 Å². The van der Waals surface area contributed by atoms with Crippen LogP contribution in [0, 0.1) is 41.5 Å². The van der Waals surface area contributed by atoms with E-state index in [0.717, 1.165) is 0 Å². The van der Waals surface area contributed by atoms with Crippen LogP contribution in [0.4, 0.5) is 0 Å². The van der Waals surface area contributed by atoms with Gasteiger partial charge in [0.15, 0.2) is 0 Å². The van der Waals surface area contributed by atoms with Crippen LogP contribution in [0.5, 0.6) is 0 Å². The number of fused-ring (bicyclic) bond motifs is 3. The van der Waals surface area contributed by atoms with Gasteiger partial charge in [0.1, 0.15) is 6.63 Å². The maximum Gasteiger partial charge on any atom is 0.106 e. The Morgan fingerprint density at radius 3 is 1.23 bits per heavy atom. The highest BCUT2D eigenvalue weighted by Gasteiger charge is 2.55. The first-order valence-electron chi connectivity index (χ1n) is 11.9. The van der Waals surface area contributed by atoms with Crippen LogP contribution in [0.2, 0.25) is 0 Å². The van der Waals surface area contributed by atoms with Crippen LogP contribution >= 0.6 is 37.0 Å². The van der Waals surface area contributed by atoms with E-state index in [9.17, 15) is 0 Å². The van der Waals surface area contributed by atoms with Gasteiger partial charge in [0.25, 0.3) is 0 Å². The fraction of sp³-hybridized carbons (Fsp3) is 0.226. The molecule has 0 unspecified atom stereocenters. The van der Waals surface area contributed by atoms with Crippen molar-refractivity contribution < 1.29 is 0 Å². The van der Waals surface area contributed by atoms with E-state index >= 15 is 0 Å². The van der Waals surface area contributed by atoms with E-state index in [-0.39, 0.29) is 0 Å². The van der Waals surface area contributed by atoms with E-state index in [1.807, 2.05) is 0 Å². The molecule has 0 atom stereocenters. The number of aryl methyl sites for hydroxylation is 6. The molecule has 0 heterocycles. The summed E-state index contributed by atoms with van der Waals surface area (Å²) in [5.74, 6) is 0. The van der Waals surface area contributed by atoms with E-state index in [4.69, 9.17) is 22.5 Å². The molecule has 0 saturated carbocycles. The lowest BCUT2D eigenvalue weighted by molar-refractivity contribution is 1.10. The maximum absolute atomic E-state index is 7.31. The number of hydrogen-bond acceptors (Lipinski definition) is 0. The minimum Gasteiger partial charge on any atom is -0.0763 e. The summed E-state index contributed by atoms with van der Waals surface area (Å²) in [4.78, 5) is -0.503. The second-order valence-electron chi connectivity index (χ2n) is 9.83. The van der Waals surface area contributed by atoms with Gasteiger partial charge < -0.3 is 0 Å². The molecule has 0 radical (unpaired) electrons. The summed E-state index contributed by atoms with van der Waals surface area (Å²) in [6, 6.07) is 26.8. The summed E-state index contributed by atoms with van der Waals surface area (Å²) in [6.07, 6.45) is 0. The van der Waals surface area contributed by atoms with Gasteiger partial charge in [-0.1, -0.05) is 106 Å². The molecule has 1 aliphatic rings. The van der Waals surface area contributed by atoms with E-state index < -0.39 is 19.4 Å². The molecule has 0 N–H and O–H groups in total. The quantitative estimate of drug-likeness (QED) is 0.228. The van der Waals surface area contributed by atoms with E-state index in [1.165, 1.54) is 66.2 Å². The van der Waals surface area contributed by atoms with Crippen molar-refractivity contribution in [1.82, 2.24) is 0 Å². The lowest BCUT2D eigenvalue weighted by Crippen LogP contribution is -2.33. The molecule has 4 aromatic carbocycles. The Balaban J connectivity index is 2.00. The Bertz CT molecular complexity index is 1310. The van der Waals surface area contributed by atoms with E-state index in [2.05, 4.69) is 114 Å². The van der Waals surface area contributed by atoms with Crippen molar-refractivity contribution in [3.05, 3.63) is 117 Å². The lowest BCUT2D eigenvalue weighted by Gasteiger charge is -2.43. The zero-order valence-corrected chi connectivity index (χ0v) is 24.4. The molecule has 35 heavy (non-hydrogen) atoms. The van der Waals surface area contributed by atoms with Crippen LogP contribution in [0.25, 0.3) is 11.1 Å². The molecule has 0 spiro atoms. The van der Waals surface area contributed by atoms with Crippen molar-refractivity contribution in [2.75, 3.05) is 0 Å². The first-order valence-corrected chi connectivity index (χ1v) is 16.4. The summed E-state index contributed by atoms with van der Waals surface area (Å²) in [7, 11) is -0.992. The third-order valence-electron chi connectivity index (χ3n) is 7.18. The molecule has 4 aromatic rings. The Morgan fingerprint density at radius 1 is 0.543 bits per heavy atom. The average molecular weight is 535 g/mol. The predicted octanol–water partition coefficient (Wildman–Crippen LogP) is 9.64. The van der Waals surface area contributed by atoms with Crippen LogP contribution < -0.4 is 10.6 Å². The van der Waals surface area contributed by atoms with Crippen molar-refractivity contribution in [1.29, 1.82) is 0 Å². The van der Waals surface area contributed by atoms with Crippen molar-refractivity contribution in [2.45, 2.75) is 46.4 Å².